The molecule has 0 aliphatic carbocycles. The Labute approximate surface area is 205 Å². The lowest BCUT2D eigenvalue weighted by Gasteiger charge is -2.26. The topological polar surface area (TPSA) is 101 Å². The van der Waals surface area contributed by atoms with Crippen molar-refractivity contribution in [3.05, 3.63) is 65.2 Å². The third-order valence-electron chi connectivity index (χ3n) is 5.91. The number of nitrogens with one attached hydrogen (secondary N) is 2. The first-order valence-corrected chi connectivity index (χ1v) is 12.0. The van der Waals surface area contributed by atoms with E-state index in [4.69, 9.17) is 14.2 Å². The molecule has 2 aliphatic heterocycles. The van der Waals surface area contributed by atoms with E-state index in [2.05, 4.69) is 20.7 Å². The van der Waals surface area contributed by atoms with Crippen LogP contribution in [0.3, 0.4) is 0 Å². The number of hydrogen-bond acceptors (Lipinski definition) is 7. The van der Waals surface area contributed by atoms with E-state index in [-0.39, 0.29) is 24.5 Å². The highest BCUT2D eigenvalue weighted by Gasteiger charge is 2.16. The molecule has 2 aliphatic rings. The summed E-state index contributed by atoms with van der Waals surface area (Å²) in [6.07, 6.45) is 3.69. The first-order valence-electron chi connectivity index (χ1n) is 12.0. The van der Waals surface area contributed by atoms with Crippen LogP contribution in [0.15, 0.2) is 53.6 Å². The van der Waals surface area contributed by atoms with Gasteiger partial charge in [0.15, 0.2) is 6.61 Å². The Hall–Kier alpha value is -3.27. The summed E-state index contributed by atoms with van der Waals surface area (Å²) in [5.74, 6) is 0.131. The quantitative estimate of drug-likeness (QED) is 0.398. The summed E-state index contributed by atoms with van der Waals surface area (Å²) in [4.78, 5) is 26.6. The van der Waals surface area contributed by atoms with Gasteiger partial charge in [-0.15, -0.1) is 0 Å². The molecule has 2 N–H and O–H groups in total. The molecule has 0 spiro atoms. The molecular weight excluding hydrogens is 448 g/mol. The summed E-state index contributed by atoms with van der Waals surface area (Å²) < 4.78 is 16.4. The molecule has 2 heterocycles. The molecule has 1 atom stereocenters. The zero-order chi connectivity index (χ0) is 24.3. The van der Waals surface area contributed by atoms with Crippen molar-refractivity contribution in [2.75, 3.05) is 46.1 Å². The lowest BCUT2D eigenvalue weighted by atomic mass is 10.1. The number of carbonyl (C=O) groups is 2. The molecule has 0 saturated carbocycles. The molecule has 2 saturated heterocycles. The van der Waals surface area contributed by atoms with Crippen LogP contribution < -0.4 is 15.5 Å². The van der Waals surface area contributed by atoms with Crippen molar-refractivity contribution in [1.29, 1.82) is 0 Å². The van der Waals surface area contributed by atoms with Crippen LogP contribution in [-0.2, 0) is 20.8 Å². The molecule has 0 bridgehead atoms. The van der Waals surface area contributed by atoms with Crippen LogP contribution in [0.1, 0.15) is 34.3 Å². The second-order valence-corrected chi connectivity index (χ2v) is 8.58. The Kier molecular flexibility index (Phi) is 9.22. The Morgan fingerprint density at radius 3 is 2.54 bits per heavy atom. The Morgan fingerprint density at radius 1 is 1.06 bits per heavy atom. The number of rotatable bonds is 10. The highest BCUT2D eigenvalue weighted by molar-refractivity contribution is 5.94. The Morgan fingerprint density at radius 2 is 1.83 bits per heavy atom. The number of amides is 2. The largest absolute Gasteiger partial charge is 0.484 e. The lowest BCUT2D eigenvalue weighted by Crippen LogP contribution is -2.35. The molecule has 186 valence electrons. The summed E-state index contributed by atoms with van der Waals surface area (Å²) >= 11 is 0. The van der Waals surface area contributed by atoms with Crippen molar-refractivity contribution >= 4 is 18.0 Å². The molecule has 0 radical (unpaired) electrons. The fraction of sp³-hybridized carbons (Fsp3) is 0.423. The van der Waals surface area contributed by atoms with Gasteiger partial charge in [0.05, 0.1) is 25.5 Å². The van der Waals surface area contributed by atoms with Gasteiger partial charge < -0.3 is 19.5 Å². The van der Waals surface area contributed by atoms with Gasteiger partial charge in [0.25, 0.3) is 11.8 Å². The van der Waals surface area contributed by atoms with E-state index >= 15 is 0 Å². The molecule has 2 amide bonds. The van der Waals surface area contributed by atoms with Crippen molar-refractivity contribution in [2.24, 2.45) is 5.10 Å². The van der Waals surface area contributed by atoms with Gasteiger partial charge in [-0.1, -0.05) is 12.1 Å². The number of hydrogen-bond donors (Lipinski definition) is 2. The van der Waals surface area contributed by atoms with E-state index in [0.29, 0.717) is 17.9 Å². The lowest BCUT2D eigenvalue weighted by molar-refractivity contribution is -0.123. The van der Waals surface area contributed by atoms with Gasteiger partial charge in [0, 0.05) is 38.3 Å². The normalized spacial score (nSPS) is 18.5. The average Bonchev–Trinajstić information content (AvgIpc) is 3.42. The molecule has 2 aromatic rings. The zero-order valence-electron chi connectivity index (χ0n) is 19.8. The van der Waals surface area contributed by atoms with Gasteiger partial charge in [-0.3, -0.25) is 14.5 Å². The molecule has 35 heavy (non-hydrogen) atoms. The van der Waals surface area contributed by atoms with E-state index in [9.17, 15) is 9.59 Å². The van der Waals surface area contributed by atoms with E-state index in [1.54, 1.807) is 30.5 Å². The smallest absolute Gasteiger partial charge is 0.271 e. The molecule has 9 nitrogen and oxygen atoms in total. The van der Waals surface area contributed by atoms with Gasteiger partial charge in [-0.2, -0.15) is 5.10 Å². The van der Waals surface area contributed by atoms with E-state index in [1.165, 1.54) is 0 Å². The van der Waals surface area contributed by atoms with Crippen LogP contribution in [0.25, 0.3) is 0 Å². The van der Waals surface area contributed by atoms with Crippen molar-refractivity contribution in [3.8, 4) is 5.75 Å². The highest BCUT2D eigenvalue weighted by atomic mass is 16.5. The van der Waals surface area contributed by atoms with Crippen LogP contribution in [0, 0.1) is 0 Å². The van der Waals surface area contributed by atoms with Crippen LogP contribution >= 0.6 is 0 Å². The maximum Gasteiger partial charge on any atom is 0.271 e. The second-order valence-electron chi connectivity index (χ2n) is 8.58. The predicted octanol–water partition coefficient (Wildman–Crippen LogP) is 1.96. The number of morpholine rings is 1. The minimum absolute atomic E-state index is 0.0541. The third-order valence-corrected chi connectivity index (χ3v) is 5.91. The van der Waals surface area contributed by atoms with Gasteiger partial charge >= 0.3 is 0 Å². The fourth-order valence-corrected chi connectivity index (χ4v) is 3.89. The van der Waals surface area contributed by atoms with Crippen molar-refractivity contribution < 1.29 is 23.8 Å². The third kappa shape index (κ3) is 8.17. The molecule has 2 fully saturated rings. The molecule has 4 rings (SSSR count). The number of hydrazone groups is 1. The summed E-state index contributed by atoms with van der Waals surface area (Å²) in [5.41, 5.74) is 5.05. The van der Waals surface area contributed by atoms with Crippen molar-refractivity contribution in [1.82, 2.24) is 15.6 Å². The summed E-state index contributed by atoms with van der Waals surface area (Å²) in [6, 6.07) is 14.7. The monoisotopic (exact) mass is 480 g/mol. The van der Waals surface area contributed by atoms with Gasteiger partial charge in [0.2, 0.25) is 0 Å². The maximum atomic E-state index is 12.4. The minimum atomic E-state index is -0.270. The van der Waals surface area contributed by atoms with Gasteiger partial charge in [0.1, 0.15) is 5.75 Å². The van der Waals surface area contributed by atoms with Crippen LogP contribution in [0.4, 0.5) is 0 Å². The molecule has 1 unspecified atom stereocenters. The zero-order valence-corrected chi connectivity index (χ0v) is 19.8. The minimum Gasteiger partial charge on any atom is -0.484 e. The summed E-state index contributed by atoms with van der Waals surface area (Å²) in [7, 11) is 0. The first kappa shape index (κ1) is 24.8. The molecule has 9 heteroatoms. The fourth-order valence-electron chi connectivity index (χ4n) is 3.89. The number of carbonyl (C=O) groups excluding carboxylic acids is 2. The predicted molar refractivity (Wildman–Crippen MR) is 132 cm³/mol. The number of benzene rings is 2. The van der Waals surface area contributed by atoms with Gasteiger partial charge in [-0.25, -0.2) is 5.43 Å². The second kappa shape index (κ2) is 13.0. The van der Waals surface area contributed by atoms with Crippen molar-refractivity contribution in [3.63, 3.8) is 0 Å². The summed E-state index contributed by atoms with van der Waals surface area (Å²) in [5, 5.41) is 6.86. The first-order chi connectivity index (χ1) is 17.2. The summed E-state index contributed by atoms with van der Waals surface area (Å²) in [6.45, 7) is 5.46. The Balaban J connectivity index is 1.16. The van der Waals surface area contributed by atoms with Gasteiger partial charge in [-0.05, 0) is 60.4 Å². The van der Waals surface area contributed by atoms with Crippen molar-refractivity contribution in [2.45, 2.75) is 25.5 Å². The SMILES string of the molecule is O=C(COc1ccc(/C=N/NC(=O)c2ccc(CN3CCOCC3)cc2)cc1)NCC1CCCO1. The van der Waals surface area contributed by atoms with E-state index < -0.39 is 0 Å². The van der Waals surface area contributed by atoms with Crippen LogP contribution in [-0.4, -0.2) is 75.1 Å². The standard InChI is InChI=1S/C26H32N4O5/c31-25(27-17-24-2-1-13-34-24)19-35-23-9-5-20(6-10-23)16-28-29-26(32)22-7-3-21(4-8-22)18-30-11-14-33-15-12-30/h3-10,16,24H,1-2,11-15,17-19H2,(H,27,31)(H,29,32)/b28-16+. The van der Waals surface area contributed by atoms with E-state index in [0.717, 1.165) is 63.4 Å². The molecule has 0 aromatic heterocycles. The van der Waals surface area contributed by atoms with E-state index in [1.807, 2.05) is 24.3 Å². The number of nitrogens with zero attached hydrogens (tertiary/aromatic N) is 2. The van der Waals surface area contributed by atoms with Crippen LogP contribution in [0.2, 0.25) is 0 Å². The van der Waals surface area contributed by atoms with Crippen LogP contribution in [0.5, 0.6) is 5.75 Å². The average molecular weight is 481 g/mol. The molecular formula is C26H32N4O5. The number of ether oxygens (including phenoxy) is 3. The molecule has 2 aromatic carbocycles. The highest BCUT2D eigenvalue weighted by Crippen LogP contribution is 2.12. The Bertz CT molecular complexity index is 982. The maximum absolute atomic E-state index is 12.4.